The van der Waals surface area contributed by atoms with Gasteiger partial charge in [-0.3, -0.25) is 4.98 Å². The van der Waals surface area contributed by atoms with Gasteiger partial charge in [0.1, 0.15) is 22.5 Å². The third-order valence-electron chi connectivity index (χ3n) is 14.6. The average molecular weight is 1660 g/mol. The topological polar surface area (TPSA) is 167 Å². The molecule has 0 unspecified atom stereocenters. The maximum absolute atomic E-state index is 12.9. The third-order valence-corrected chi connectivity index (χ3v) is 25.0. The number of rotatable bonds is 12. The number of benzene rings is 6. The van der Waals surface area contributed by atoms with Crippen LogP contribution in [-0.2, 0) is 47.2 Å². The van der Waals surface area contributed by atoms with Crippen LogP contribution in [-0.4, -0.2) is 97.0 Å². The number of carbonyl (C=O) groups excluding carboxylic acids is 4. The first-order chi connectivity index (χ1) is 48.8. The van der Waals surface area contributed by atoms with E-state index < -0.39 is 63.6 Å². The van der Waals surface area contributed by atoms with Crippen molar-refractivity contribution in [1.82, 2.24) is 29.1 Å². The fourth-order valence-electron chi connectivity index (χ4n) is 10.2. The number of aromatic nitrogens is 6. The second kappa shape index (κ2) is 39.6. The van der Waals surface area contributed by atoms with E-state index in [1.807, 2.05) is 85.7 Å². The smallest absolute Gasteiger partial charge is 0.0134 e. The predicted octanol–water partition coefficient (Wildman–Crippen LogP) is 17.4. The van der Waals surface area contributed by atoms with Gasteiger partial charge in [-0.1, -0.05) is 182 Å². The summed E-state index contributed by atoms with van der Waals surface area (Å²) in [5.41, 5.74) is 4.94. The summed E-state index contributed by atoms with van der Waals surface area (Å²) < 4.78 is 24.4. The van der Waals surface area contributed by atoms with Gasteiger partial charge in [-0.2, -0.15) is 0 Å². The van der Waals surface area contributed by atoms with Crippen LogP contribution in [0, 0.1) is 13.8 Å². The normalized spacial score (nSPS) is 11.0. The van der Waals surface area contributed by atoms with Crippen LogP contribution < -0.4 is 35.5 Å². The van der Waals surface area contributed by atoms with Crippen molar-refractivity contribution in [2.75, 3.05) is 14.2 Å². The fourth-order valence-corrected chi connectivity index (χ4v) is 18.0. The first-order valence-corrected chi connectivity index (χ1v) is 49.7. The molecule has 0 saturated heterocycles. The molecule has 0 aliphatic carbocycles. The number of fused-ring (bicyclic) bond motifs is 2. The minimum atomic E-state index is -2.15. The second-order valence-electron chi connectivity index (χ2n) is 26.0. The minimum Gasteiger partial charge on any atom is -0.0622 e. The maximum atomic E-state index is 12.9. The number of alkyl halides is 1. The number of methoxy groups -OCH3 is 2. The van der Waals surface area contributed by atoms with Crippen molar-refractivity contribution in [3.63, 3.8) is 0 Å². The average Bonchev–Trinajstić information content (AvgIpc) is 1.63. The first kappa shape index (κ1) is 81.4. The van der Waals surface area contributed by atoms with Gasteiger partial charge >= 0.3 is 142 Å². The Morgan fingerprint density at radius 1 is 0.451 bits per heavy atom. The number of ether oxygens (including phenoxy) is 4. The number of esters is 2. The van der Waals surface area contributed by atoms with E-state index in [0.717, 1.165) is 25.6 Å². The zero-order chi connectivity index (χ0) is 74.0. The molecule has 0 saturated carbocycles. The van der Waals surface area contributed by atoms with Crippen LogP contribution in [0.3, 0.4) is 0 Å². The van der Waals surface area contributed by atoms with Crippen molar-refractivity contribution >= 4 is 147 Å². The SMILES string of the molecule is COC(=O)c1ccn[c]([Sn]([CH3])([CH3])[CH3])c1.COC(=O)c1ccnc(Cc2cc3cc(C)cnc3n2C(=O)OC(C)(C)C)c1.Cc1cnc2c(c1)cc(CCl)n2C(=O)OC(C)(C)C.[Cl][Pd][Cl].c1ccc(P(c2ccccc2)c2ccccc2)cc1.c1ccc(P(c2ccccc2)c2ccccc2)cc1. The Kier molecular flexibility index (Phi) is 31.6. The Balaban J connectivity index is 0.000000180. The van der Waals surface area contributed by atoms with E-state index in [2.05, 4.69) is 221 Å². The quantitative estimate of drug-likeness (QED) is 0.0374. The summed E-state index contributed by atoms with van der Waals surface area (Å²) in [5, 5.41) is 10.1. The van der Waals surface area contributed by atoms with Gasteiger partial charge < -0.3 is 14.2 Å². The Morgan fingerprint density at radius 2 is 0.765 bits per heavy atom. The molecule has 102 heavy (non-hydrogen) atoms. The van der Waals surface area contributed by atoms with Crippen LogP contribution in [0.5, 0.6) is 0 Å². The van der Waals surface area contributed by atoms with E-state index in [0.29, 0.717) is 45.9 Å². The van der Waals surface area contributed by atoms with Crippen molar-refractivity contribution in [2.24, 2.45) is 0 Å². The van der Waals surface area contributed by atoms with Crippen LogP contribution in [0.2, 0.25) is 14.8 Å². The van der Waals surface area contributed by atoms with Gasteiger partial charge in [-0.25, -0.2) is 33.5 Å². The fraction of sp³-hybridized carbons (Fsp3) is 0.210. The van der Waals surface area contributed by atoms with Crippen molar-refractivity contribution in [1.29, 1.82) is 0 Å². The monoisotopic (exact) mass is 1660 g/mol. The van der Waals surface area contributed by atoms with E-state index in [-0.39, 0.29) is 27.8 Å². The predicted molar refractivity (Wildman–Crippen MR) is 421 cm³/mol. The summed E-state index contributed by atoms with van der Waals surface area (Å²) in [6.07, 6.45) is 6.05. The Bertz CT molecular complexity index is 4340. The Hall–Kier alpha value is -7.93. The molecule has 0 bridgehead atoms. The van der Waals surface area contributed by atoms with Crippen LogP contribution in [0.1, 0.15) is 90.5 Å². The molecule has 0 N–H and O–H groups in total. The number of hydrogen-bond acceptors (Lipinski definition) is 12. The molecule has 0 fully saturated rings. The molecule has 0 radical (unpaired) electrons. The van der Waals surface area contributed by atoms with E-state index in [9.17, 15) is 19.2 Å². The minimum absolute atomic E-state index is 0.106. The molecule has 0 amide bonds. The van der Waals surface area contributed by atoms with Crippen molar-refractivity contribution in [3.05, 3.63) is 295 Å². The van der Waals surface area contributed by atoms with E-state index in [4.69, 9.17) is 44.9 Å². The van der Waals surface area contributed by atoms with E-state index in [1.54, 1.807) is 43.0 Å². The van der Waals surface area contributed by atoms with Crippen LogP contribution in [0.15, 0.2) is 255 Å². The molecule has 12 rings (SSSR count). The number of carbonyl (C=O) groups is 4. The van der Waals surface area contributed by atoms with Gasteiger partial charge in [-0.15, -0.1) is 11.6 Å². The maximum Gasteiger partial charge on any atom is -0.0134 e. The molecule has 0 aliphatic heterocycles. The van der Waals surface area contributed by atoms with Crippen molar-refractivity contribution in [3.8, 4) is 0 Å². The molecular formula is C81H85Cl3N6O8P2PdSn. The molecule has 6 heterocycles. The van der Waals surface area contributed by atoms with Crippen LogP contribution in [0.25, 0.3) is 22.1 Å². The summed E-state index contributed by atoms with van der Waals surface area (Å²) in [5.74, 6) is -0.493. The Labute approximate surface area is 627 Å². The van der Waals surface area contributed by atoms with Gasteiger partial charge in [0.05, 0.1) is 18.6 Å². The number of hydrogen-bond donors (Lipinski definition) is 0. The zero-order valence-corrected chi connectivity index (χ0v) is 67.9. The third kappa shape index (κ3) is 24.6. The molecule has 0 aliphatic rings. The molecule has 21 heteroatoms. The number of pyridine rings is 4. The summed E-state index contributed by atoms with van der Waals surface area (Å²) in [7, 11) is 11.5. The summed E-state index contributed by atoms with van der Waals surface area (Å²) in [6.45, 7) is 14.8. The molecular weight excluding hydrogens is 1580 g/mol. The molecule has 532 valence electrons. The number of halogens is 3. The summed E-state index contributed by atoms with van der Waals surface area (Å²) in [6, 6.07) is 79.1. The first-order valence-electron chi connectivity index (χ1n) is 32.5. The van der Waals surface area contributed by atoms with Gasteiger partial charge in [-0.05, 0) is 151 Å². The summed E-state index contributed by atoms with van der Waals surface area (Å²) in [4.78, 5) is 72.3. The van der Waals surface area contributed by atoms with Crippen LogP contribution in [0.4, 0.5) is 9.59 Å². The number of aryl methyl sites for hydroxylation is 2. The van der Waals surface area contributed by atoms with Gasteiger partial charge in [0, 0.05) is 52.9 Å². The summed E-state index contributed by atoms with van der Waals surface area (Å²) >= 11 is 3.64. The largest absolute Gasteiger partial charge is 0.0622 e. The van der Waals surface area contributed by atoms with Crippen molar-refractivity contribution < 1.29 is 54.1 Å². The molecule has 0 atom stereocenters. The van der Waals surface area contributed by atoms with E-state index in [1.165, 1.54) is 55.2 Å². The van der Waals surface area contributed by atoms with Gasteiger partial charge in [0.25, 0.3) is 0 Å². The zero-order valence-electron chi connectivity index (χ0n) is 59.5. The van der Waals surface area contributed by atoms with E-state index >= 15 is 0 Å². The molecule has 12 aromatic rings. The molecule has 6 aromatic heterocycles. The standard InChI is InChI=1S/C21H23N3O4.2C18H15P.C14H17ClN2O2.C7H6NO2.3CH3.2ClH.Pd.Sn/c1-13-8-15-10-17(11-16-9-14(6-7-22-16)19(25)27-5)24(18(15)23-12-13)20(26)28-21(2,3)4;2*1-4-10-16(11-5-1)19(17-12-6-2-7-13-17)18-14-8-3-9-15-18;1-9-5-10-6-11(7-15)17(12(10)16-8-9)13(18)19-14(2,3)4;1-10-7(9)6-2-4-8-5-3-6;;;;;;;/h6-10,12H,11H2,1-5H3;2*1-15H;5-6,8H,7H2,1-4H3;2-4H,1H3;3*1H3;2*1H;;/q;;;;;;;;;;+2;/p-2. The second-order valence-corrected chi connectivity index (χ2v) is 47.4. The van der Waals surface area contributed by atoms with Crippen LogP contribution >= 0.6 is 46.5 Å². The number of nitrogens with zero attached hydrogens (tertiary/aromatic N) is 6. The van der Waals surface area contributed by atoms with Crippen molar-refractivity contribution in [2.45, 2.75) is 93.7 Å². The molecule has 0 spiro atoms. The van der Waals surface area contributed by atoms with Gasteiger partial charge in [0.2, 0.25) is 0 Å². The molecule has 14 nitrogen and oxygen atoms in total. The molecule has 6 aromatic carbocycles. The van der Waals surface area contributed by atoms with Gasteiger partial charge in [0.15, 0.2) is 0 Å². The Morgan fingerprint density at radius 3 is 1.08 bits per heavy atom.